The zero-order valence-corrected chi connectivity index (χ0v) is 8.41. The van der Waals surface area contributed by atoms with Crippen LogP contribution < -0.4 is 5.73 Å². The van der Waals surface area contributed by atoms with Gasteiger partial charge in [0.25, 0.3) is 0 Å². The van der Waals surface area contributed by atoms with Crippen LogP contribution in [0.4, 0.5) is 0 Å². The molecule has 0 amide bonds. The van der Waals surface area contributed by atoms with Crippen LogP contribution in [0.25, 0.3) is 0 Å². The van der Waals surface area contributed by atoms with Crippen LogP contribution in [0, 0.1) is 0 Å². The lowest BCUT2D eigenvalue weighted by atomic mass is 9.80. The van der Waals surface area contributed by atoms with Gasteiger partial charge in [-0.05, 0) is 26.3 Å². The summed E-state index contributed by atoms with van der Waals surface area (Å²) >= 11 is 0. The molecule has 0 radical (unpaired) electrons. The van der Waals surface area contributed by atoms with E-state index in [1.54, 1.807) is 6.92 Å². The van der Waals surface area contributed by atoms with Crippen LogP contribution in [0.2, 0.25) is 0 Å². The molecular weight excluding hydrogens is 162 g/mol. The molecule has 1 atom stereocenters. The van der Waals surface area contributed by atoms with E-state index < -0.39 is 11.1 Å². The average molecular weight is 179 g/mol. The third-order valence-corrected chi connectivity index (χ3v) is 2.59. The van der Waals surface area contributed by atoms with Crippen molar-refractivity contribution >= 4 is 0 Å². The van der Waals surface area contributed by atoms with Gasteiger partial charge in [0.2, 0.25) is 0 Å². The van der Waals surface area contributed by atoms with Crippen molar-refractivity contribution in [1.82, 2.24) is 0 Å². The van der Waals surface area contributed by atoms with Crippen LogP contribution >= 0.6 is 0 Å². The lowest BCUT2D eigenvalue weighted by Crippen LogP contribution is -2.52. The molecule has 1 aromatic rings. The van der Waals surface area contributed by atoms with E-state index in [2.05, 4.69) is 0 Å². The lowest BCUT2D eigenvalue weighted by Gasteiger charge is -2.37. The molecule has 2 nitrogen and oxygen atoms in total. The van der Waals surface area contributed by atoms with Gasteiger partial charge in [0.05, 0.1) is 0 Å². The molecule has 0 fully saturated rings. The number of hydrogen-bond acceptors (Lipinski definition) is 2. The molecule has 1 unspecified atom stereocenters. The van der Waals surface area contributed by atoms with E-state index in [9.17, 15) is 5.11 Å². The molecule has 72 valence electrons. The Morgan fingerprint density at radius 1 is 1.08 bits per heavy atom. The molecule has 13 heavy (non-hydrogen) atoms. The first kappa shape index (κ1) is 10.2. The van der Waals surface area contributed by atoms with Crippen LogP contribution in [-0.4, -0.2) is 10.6 Å². The second kappa shape index (κ2) is 3.13. The Labute approximate surface area is 79.4 Å². The molecule has 0 spiro atoms. The van der Waals surface area contributed by atoms with E-state index in [1.807, 2.05) is 44.2 Å². The third kappa shape index (κ3) is 1.90. The first-order valence-electron chi connectivity index (χ1n) is 4.42. The molecule has 0 saturated heterocycles. The van der Waals surface area contributed by atoms with E-state index in [1.165, 1.54) is 0 Å². The van der Waals surface area contributed by atoms with Gasteiger partial charge in [-0.25, -0.2) is 0 Å². The van der Waals surface area contributed by atoms with Crippen molar-refractivity contribution in [2.75, 3.05) is 0 Å². The predicted molar refractivity (Wildman–Crippen MR) is 54.3 cm³/mol. The summed E-state index contributed by atoms with van der Waals surface area (Å²) in [6, 6.07) is 9.48. The number of benzene rings is 1. The summed E-state index contributed by atoms with van der Waals surface area (Å²) in [5.41, 5.74) is 5.11. The number of aliphatic hydroxyl groups is 1. The molecule has 0 aromatic heterocycles. The molecule has 0 saturated carbocycles. The van der Waals surface area contributed by atoms with Gasteiger partial charge in [-0.15, -0.1) is 0 Å². The zero-order valence-electron chi connectivity index (χ0n) is 8.41. The van der Waals surface area contributed by atoms with Gasteiger partial charge < -0.3 is 10.8 Å². The van der Waals surface area contributed by atoms with Crippen molar-refractivity contribution in [2.24, 2.45) is 5.73 Å². The minimum atomic E-state index is -0.992. The van der Waals surface area contributed by atoms with E-state index >= 15 is 0 Å². The summed E-state index contributed by atoms with van der Waals surface area (Å²) in [5.74, 6) is 0. The number of nitrogens with two attached hydrogens (primary N) is 1. The molecule has 2 heteroatoms. The Morgan fingerprint density at radius 3 is 1.92 bits per heavy atom. The summed E-state index contributed by atoms with van der Waals surface area (Å²) in [5, 5.41) is 10.2. The Kier molecular flexibility index (Phi) is 2.46. The fourth-order valence-corrected chi connectivity index (χ4v) is 1.13. The highest BCUT2D eigenvalue weighted by atomic mass is 16.3. The van der Waals surface area contributed by atoms with Crippen molar-refractivity contribution < 1.29 is 5.11 Å². The second-order valence-electron chi connectivity index (χ2n) is 4.16. The maximum absolute atomic E-state index is 10.2. The summed E-state index contributed by atoms with van der Waals surface area (Å²) in [4.78, 5) is 0. The highest BCUT2D eigenvalue weighted by molar-refractivity contribution is 5.25. The highest BCUT2D eigenvalue weighted by Gasteiger charge is 2.37. The van der Waals surface area contributed by atoms with E-state index in [0.29, 0.717) is 0 Å². The zero-order chi connectivity index (χ0) is 10.1. The molecular formula is C11H17NO. The fraction of sp³-hybridized carbons (Fsp3) is 0.455. The fourth-order valence-electron chi connectivity index (χ4n) is 1.13. The average Bonchev–Trinajstić information content (AvgIpc) is 2.04. The second-order valence-corrected chi connectivity index (χ2v) is 4.16. The van der Waals surface area contributed by atoms with Crippen molar-refractivity contribution in [3.8, 4) is 0 Å². The molecule has 0 aliphatic carbocycles. The first-order chi connectivity index (χ1) is 5.86. The molecule has 0 aliphatic heterocycles. The van der Waals surface area contributed by atoms with Gasteiger partial charge in [0.1, 0.15) is 5.60 Å². The van der Waals surface area contributed by atoms with Crippen LogP contribution in [0.3, 0.4) is 0 Å². The van der Waals surface area contributed by atoms with Crippen LogP contribution in [0.5, 0.6) is 0 Å². The smallest absolute Gasteiger partial charge is 0.104 e. The van der Waals surface area contributed by atoms with Crippen molar-refractivity contribution in [1.29, 1.82) is 0 Å². The van der Waals surface area contributed by atoms with Crippen LogP contribution in [-0.2, 0) is 5.60 Å². The highest BCUT2D eigenvalue weighted by Crippen LogP contribution is 2.29. The molecule has 0 bridgehead atoms. The molecule has 1 aromatic carbocycles. The first-order valence-corrected chi connectivity index (χ1v) is 4.42. The summed E-state index contributed by atoms with van der Waals surface area (Å²) in [7, 11) is 0. The number of rotatable bonds is 2. The standard InChI is InChI=1S/C11H17NO/c1-10(2,12)11(3,13)9-7-5-4-6-8-9/h4-8,13H,12H2,1-3H3. The normalized spacial score (nSPS) is 16.7. The van der Waals surface area contributed by atoms with Gasteiger partial charge in [-0.1, -0.05) is 30.3 Å². The Morgan fingerprint density at radius 2 is 1.54 bits per heavy atom. The quantitative estimate of drug-likeness (QED) is 0.725. The lowest BCUT2D eigenvalue weighted by molar-refractivity contribution is -0.00869. The van der Waals surface area contributed by atoms with Gasteiger partial charge in [-0.3, -0.25) is 0 Å². The van der Waals surface area contributed by atoms with E-state index in [4.69, 9.17) is 5.73 Å². The van der Waals surface area contributed by atoms with E-state index in [-0.39, 0.29) is 0 Å². The molecule has 3 N–H and O–H groups in total. The maximum atomic E-state index is 10.2. The Bertz CT molecular complexity index is 272. The van der Waals surface area contributed by atoms with Crippen LogP contribution in [0.15, 0.2) is 30.3 Å². The number of hydrogen-bond donors (Lipinski definition) is 2. The molecule has 1 rings (SSSR count). The summed E-state index contributed by atoms with van der Waals surface area (Å²) in [6.07, 6.45) is 0. The molecule has 0 aliphatic rings. The van der Waals surface area contributed by atoms with Crippen molar-refractivity contribution in [3.05, 3.63) is 35.9 Å². The van der Waals surface area contributed by atoms with Crippen LogP contribution in [0.1, 0.15) is 26.3 Å². The topological polar surface area (TPSA) is 46.2 Å². The predicted octanol–water partition coefficient (Wildman–Crippen LogP) is 1.63. The SMILES string of the molecule is CC(C)(N)C(C)(O)c1ccccc1. The van der Waals surface area contributed by atoms with Crippen molar-refractivity contribution in [3.63, 3.8) is 0 Å². The Hall–Kier alpha value is -0.860. The minimum Gasteiger partial charge on any atom is -0.384 e. The summed E-state index contributed by atoms with van der Waals surface area (Å²) < 4.78 is 0. The van der Waals surface area contributed by atoms with E-state index in [0.717, 1.165) is 5.56 Å². The third-order valence-electron chi connectivity index (χ3n) is 2.59. The van der Waals surface area contributed by atoms with Gasteiger partial charge in [0.15, 0.2) is 0 Å². The van der Waals surface area contributed by atoms with Gasteiger partial charge in [-0.2, -0.15) is 0 Å². The monoisotopic (exact) mass is 179 g/mol. The summed E-state index contributed by atoms with van der Waals surface area (Å²) in [6.45, 7) is 5.38. The largest absolute Gasteiger partial charge is 0.384 e. The minimum absolute atomic E-state index is 0.644. The Balaban J connectivity index is 3.08. The van der Waals surface area contributed by atoms with Gasteiger partial charge >= 0.3 is 0 Å². The van der Waals surface area contributed by atoms with Gasteiger partial charge in [0, 0.05) is 5.54 Å². The van der Waals surface area contributed by atoms with Crippen molar-refractivity contribution in [2.45, 2.75) is 31.9 Å². The molecule has 0 heterocycles. The maximum Gasteiger partial charge on any atom is 0.104 e.